The first-order valence-corrected chi connectivity index (χ1v) is 8.22. The van der Waals surface area contributed by atoms with E-state index in [4.69, 9.17) is 16.3 Å². The largest absolute Gasteiger partial charge is 0.497 e. The Hall–Kier alpha value is -3.12. The molecule has 130 valence electrons. The topological polar surface area (TPSA) is 62.8 Å². The molecule has 4 rings (SSSR count). The zero-order valence-corrected chi connectivity index (χ0v) is 14.5. The van der Waals surface area contributed by atoms with Crippen molar-refractivity contribution in [3.63, 3.8) is 0 Å². The molecular weight excluding hydrogens is 355 g/mol. The van der Waals surface area contributed by atoms with Crippen LogP contribution in [0.4, 0.5) is 15.9 Å². The predicted molar refractivity (Wildman–Crippen MR) is 101 cm³/mol. The Morgan fingerprint density at radius 1 is 1.12 bits per heavy atom. The van der Waals surface area contributed by atoms with Crippen molar-refractivity contribution >= 4 is 34.1 Å². The summed E-state index contributed by atoms with van der Waals surface area (Å²) in [7, 11) is 1.63. The summed E-state index contributed by atoms with van der Waals surface area (Å²) in [6, 6.07) is 14.1. The van der Waals surface area contributed by atoms with Crippen LogP contribution < -0.4 is 10.1 Å². The molecule has 0 amide bonds. The van der Waals surface area contributed by atoms with E-state index in [0.29, 0.717) is 17.2 Å². The van der Waals surface area contributed by atoms with Gasteiger partial charge in [-0.2, -0.15) is 0 Å². The van der Waals surface area contributed by atoms with Crippen LogP contribution in [0.2, 0.25) is 5.02 Å². The van der Waals surface area contributed by atoms with Crippen molar-refractivity contribution in [2.75, 3.05) is 12.4 Å². The van der Waals surface area contributed by atoms with E-state index in [0.717, 1.165) is 22.4 Å². The molecule has 2 heterocycles. The zero-order valence-electron chi connectivity index (χ0n) is 13.8. The van der Waals surface area contributed by atoms with Gasteiger partial charge in [0, 0.05) is 16.9 Å². The normalized spacial score (nSPS) is 10.9. The molecule has 0 fully saturated rings. The summed E-state index contributed by atoms with van der Waals surface area (Å²) in [6.07, 6.45) is 1.46. The van der Waals surface area contributed by atoms with Crippen molar-refractivity contribution in [3.05, 3.63) is 65.7 Å². The third kappa shape index (κ3) is 3.07. The Bertz CT molecular complexity index is 1100. The Kier molecular flexibility index (Phi) is 4.18. The number of methoxy groups -OCH3 is 1. The molecule has 0 unspecified atom stereocenters. The second-order valence-electron chi connectivity index (χ2n) is 5.65. The van der Waals surface area contributed by atoms with E-state index in [1.165, 1.54) is 18.5 Å². The Balaban J connectivity index is 1.74. The van der Waals surface area contributed by atoms with E-state index in [1.54, 1.807) is 13.2 Å². The second kappa shape index (κ2) is 6.65. The number of rotatable bonds is 4. The lowest BCUT2D eigenvalue weighted by atomic mass is 10.1. The lowest BCUT2D eigenvalue weighted by Gasteiger charge is -2.06. The first-order chi connectivity index (χ1) is 12.6. The number of hydrogen-bond donors (Lipinski definition) is 2. The molecule has 4 aromatic rings. The van der Waals surface area contributed by atoms with Crippen LogP contribution in [-0.2, 0) is 0 Å². The van der Waals surface area contributed by atoms with Crippen molar-refractivity contribution in [1.29, 1.82) is 0 Å². The summed E-state index contributed by atoms with van der Waals surface area (Å²) in [5.74, 6) is 0.904. The van der Waals surface area contributed by atoms with Crippen LogP contribution in [0, 0.1) is 5.82 Å². The smallest absolute Gasteiger partial charge is 0.143 e. The minimum atomic E-state index is -0.466. The maximum Gasteiger partial charge on any atom is 0.143 e. The SMILES string of the molecule is COc1cccc(-c2cc3c(Nc4ccc(F)c(Cl)c4)ncnc3[nH]2)c1. The average molecular weight is 369 g/mol. The molecule has 0 aliphatic heterocycles. The van der Waals surface area contributed by atoms with Gasteiger partial charge in [-0.05, 0) is 36.4 Å². The maximum atomic E-state index is 13.3. The quantitative estimate of drug-likeness (QED) is 0.521. The monoisotopic (exact) mass is 368 g/mol. The van der Waals surface area contributed by atoms with Gasteiger partial charge in [-0.3, -0.25) is 0 Å². The summed E-state index contributed by atoms with van der Waals surface area (Å²) in [6.45, 7) is 0. The van der Waals surface area contributed by atoms with Crippen LogP contribution in [0.3, 0.4) is 0 Å². The first kappa shape index (κ1) is 16.4. The molecule has 0 aliphatic carbocycles. The Morgan fingerprint density at radius 3 is 2.81 bits per heavy atom. The molecule has 2 aromatic carbocycles. The molecule has 0 atom stereocenters. The fraction of sp³-hybridized carbons (Fsp3) is 0.0526. The van der Waals surface area contributed by atoms with E-state index >= 15 is 0 Å². The van der Waals surface area contributed by atoms with Crippen molar-refractivity contribution in [2.24, 2.45) is 0 Å². The Labute approximate surface area is 153 Å². The molecule has 0 aliphatic rings. The van der Waals surface area contributed by atoms with Gasteiger partial charge in [0.25, 0.3) is 0 Å². The van der Waals surface area contributed by atoms with Gasteiger partial charge in [-0.25, -0.2) is 14.4 Å². The number of ether oxygens (including phenoxy) is 1. The fourth-order valence-electron chi connectivity index (χ4n) is 2.70. The molecule has 0 saturated carbocycles. The predicted octanol–water partition coefficient (Wildman–Crippen LogP) is 5.17. The number of halogens is 2. The molecule has 0 spiro atoms. The van der Waals surface area contributed by atoms with E-state index in [-0.39, 0.29) is 5.02 Å². The van der Waals surface area contributed by atoms with Crippen molar-refractivity contribution in [2.45, 2.75) is 0 Å². The van der Waals surface area contributed by atoms with E-state index in [1.807, 2.05) is 30.3 Å². The molecular formula is C19H14ClFN4O. The van der Waals surface area contributed by atoms with Gasteiger partial charge in [-0.1, -0.05) is 23.7 Å². The van der Waals surface area contributed by atoms with Gasteiger partial charge in [0.15, 0.2) is 0 Å². The van der Waals surface area contributed by atoms with Crippen LogP contribution >= 0.6 is 11.6 Å². The lowest BCUT2D eigenvalue weighted by molar-refractivity contribution is 0.415. The number of aromatic nitrogens is 3. The standard InChI is InChI=1S/C19H14ClFN4O/c1-26-13-4-2-3-11(7-13)17-9-14-18(22-10-23-19(14)25-17)24-12-5-6-16(21)15(20)8-12/h2-10H,1H3,(H2,22,23,24,25). The van der Waals surface area contributed by atoms with Crippen LogP contribution in [0.5, 0.6) is 5.75 Å². The number of aromatic amines is 1. The molecule has 0 radical (unpaired) electrons. The molecule has 0 saturated heterocycles. The summed E-state index contributed by atoms with van der Waals surface area (Å²) < 4.78 is 18.6. The molecule has 2 N–H and O–H groups in total. The number of H-pyrrole nitrogens is 1. The van der Waals surface area contributed by atoms with Gasteiger partial charge in [0.2, 0.25) is 0 Å². The van der Waals surface area contributed by atoms with Gasteiger partial charge >= 0.3 is 0 Å². The van der Waals surface area contributed by atoms with Gasteiger partial charge in [0.1, 0.15) is 29.4 Å². The van der Waals surface area contributed by atoms with E-state index in [9.17, 15) is 4.39 Å². The van der Waals surface area contributed by atoms with Gasteiger partial charge in [-0.15, -0.1) is 0 Å². The summed E-state index contributed by atoms with van der Waals surface area (Å²) in [4.78, 5) is 11.8. The maximum absolute atomic E-state index is 13.3. The molecule has 0 bridgehead atoms. The number of nitrogens with one attached hydrogen (secondary N) is 2. The number of nitrogens with zero attached hydrogens (tertiary/aromatic N) is 2. The summed E-state index contributed by atoms with van der Waals surface area (Å²) in [5.41, 5.74) is 3.19. The average Bonchev–Trinajstić information content (AvgIpc) is 3.10. The number of anilines is 2. The highest BCUT2D eigenvalue weighted by Gasteiger charge is 2.11. The van der Waals surface area contributed by atoms with Crippen LogP contribution in [0.15, 0.2) is 54.9 Å². The number of benzene rings is 2. The van der Waals surface area contributed by atoms with Crippen molar-refractivity contribution in [3.8, 4) is 17.0 Å². The van der Waals surface area contributed by atoms with E-state index in [2.05, 4.69) is 20.3 Å². The fourth-order valence-corrected chi connectivity index (χ4v) is 2.88. The molecule has 7 heteroatoms. The second-order valence-corrected chi connectivity index (χ2v) is 6.06. The van der Waals surface area contributed by atoms with Crippen LogP contribution in [0.25, 0.3) is 22.3 Å². The summed E-state index contributed by atoms with van der Waals surface area (Å²) in [5, 5.41) is 4.01. The third-order valence-corrected chi connectivity index (χ3v) is 4.28. The highest BCUT2D eigenvalue weighted by atomic mass is 35.5. The molecule has 5 nitrogen and oxygen atoms in total. The highest BCUT2D eigenvalue weighted by Crippen LogP contribution is 2.30. The lowest BCUT2D eigenvalue weighted by Crippen LogP contribution is -1.95. The zero-order chi connectivity index (χ0) is 18.1. The number of fused-ring (bicyclic) bond motifs is 1. The van der Waals surface area contributed by atoms with Crippen LogP contribution in [0.1, 0.15) is 0 Å². The summed E-state index contributed by atoms with van der Waals surface area (Å²) >= 11 is 5.85. The minimum absolute atomic E-state index is 0.0476. The minimum Gasteiger partial charge on any atom is -0.497 e. The molecule has 2 aromatic heterocycles. The van der Waals surface area contributed by atoms with Crippen molar-refractivity contribution < 1.29 is 9.13 Å². The Morgan fingerprint density at radius 2 is 2.00 bits per heavy atom. The van der Waals surface area contributed by atoms with Gasteiger partial charge < -0.3 is 15.0 Å². The third-order valence-electron chi connectivity index (χ3n) is 3.99. The molecule has 26 heavy (non-hydrogen) atoms. The van der Waals surface area contributed by atoms with E-state index < -0.39 is 5.82 Å². The number of hydrogen-bond acceptors (Lipinski definition) is 4. The highest BCUT2D eigenvalue weighted by molar-refractivity contribution is 6.31. The first-order valence-electron chi connectivity index (χ1n) is 7.84. The van der Waals surface area contributed by atoms with Crippen LogP contribution in [-0.4, -0.2) is 22.1 Å². The van der Waals surface area contributed by atoms with Crippen molar-refractivity contribution in [1.82, 2.24) is 15.0 Å². The van der Waals surface area contributed by atoms with Gasteiger partial charge in [0.05, 0.1) is 17.5 Å².